The van der Waals surface area contributed by atoms with Gasteiger partial charge in [-0.15, -0.1) is 0 Å². The van der Waals surface area contributed by atoms with Crippen molar-refractivity contribution in [3.63, 3.8) is 0 Å². The van der Waals surface area contributed by atoms with Crippen molar-refractivity contribution in [2.24, 2.45) is 0 Å². The van der Waals surface area contributed by atoms with Gasteiger partial charge in [0.1, 0.15) is 0 Å². The number of benzene rings is 2. The highest BCUT2D eigenvalue weighted by molar-refractivity contribution is 9.10. The Morgan fingerprint density at radius 1 is 1.11 bits per heavy atom. The lowest BCUT2D eigenvalue weighted by Gasteiger charge is -2.15. The van der Waals surface area contributed by atoms with Crippen LogP contribution in [0.3, 0.4) is 0 Å². The molecule has 1 atom stereocenters. The van der Waals surface area contributed by atoms with Crippen molar-refractivity contribution in [1.82, 2.24) is 5.32 Å². The standard InChI is InChI=1S/C15H14Br2ClN/c1-10(11-3-2-4-13(16)7-11)19-9-12-5-6-14(17)8-15(12)18/h2-8,10,19H,9H2,1H3/t10-/m1/s1. The summed E-state index contributed by atoms with van der Waals surface area (Å²) in [5, 5.41) is 4.26. The van der Waals surface area contributed by atoms with E-state index in [0.717, 1.165) is 26.1 Å². The lowest BCUT2D eigenvalue weighted by molar-refractivity contribution is 0.574. The van der Waals surface area contributed by atoms with Gasteiger partial charge in [0.15, 0.2) is 0 Å². The Hall–Kier alpha value is -0.350. The number of rotatable bonds is 4. The third-order valence-corrected chi connectivity index (χ3v) is 4.30. The molecule has 0 aliphatic heterocycles. The Kier molecular flexibility index (Phi) is 5.46. The molecule has 0 fully saturated rings. The van der Waals surface area contributed by atoms with E-state index >= 15 is 0 Å². The van der Waals surface area contributed by atoms with Crippen molar-refractivity contribution in [3.8, 4) is 0 Å². The smallest absolute Gasteiger partial charge is 0.0462 e. The van der Waals surface area contributed by atoms with Gasteiger partial charge in [-0.2, -0.15) is 0 Å². The topological polar surface area (TPSA) is 12.0 Å². The van der Waals surface area contributed by atoms with Gasteiger partial charge in [-0.1, -0.05) is 61.7 Å². The summed E-state index contributed by atoms with van der Waals surface area (Å²) >= 11 is 13.1. The summed E-state index contributed by atoms with van der Waals surface area (Å²) < 4.78 is 2.10. The van der Waals surface area contributed by atoms with E-state index in [1.165, 1.54) is 5.56 Å². The van der Waals surface area contributed by atoms with E-state index in [4.69, 9.17) is 11.6 Å². The van der Waals surface area contributed by atoms with Crippen LogP contribution in [-0.2, 0) is 6.54 Å². The van der Waals surface area contributed by atoms with Gasteiger partial charge in [-0.25, -0.2) is 0 Å². The molecule has 0 unspecified atom stereocenters. The minimum absolute atomic E-state index is 0.275. The second-order valence-corrected chi connectivity index (χ2v) is 6.63. The molecule has 0 spiro atoms. The highest BCUT2D eigenvalue weighted by Gasteiger charge is 2.07. The maximum atomic E-state index is 6.21. The van der Waals surface area contributed by atoms with Crippen molar-refractivity contribution in [1.29, 1.82) is 0 Å². The number of nitrogens with one attached hydrogen (secondary N) is 1. The summed E-state index contributed by atoms with van der Waals surface area (Å²) in [6.45, 7) is 2.90. The zero-order chi connectivity index (χ0) is 13.8. The summed E-state index contributed by atoms with van der Waals surface area (Å²) in [4.78, 5) is 0. The van der Waals surface area contributed by atoms with Crippen LogP contribution in [0.5, 0.6) is 0 Å². The van der Waals surface area contributed by atoms with Gasteiger partial charge in [0, 0.05) is 26.6 Å². The van der Waals surface area contributed by atoms with Gasteiger partial charge in [0.05, 0.1) is 0 Å². The van der Waals surface area contributed by atoms with Gasteiger partial charge in [0.2, 0.25) is 0 Å². The lowest BCUT2D eigenvalue weighted by atomic mass is 10.1. The van der Waals surface area contributed by atoms with Gasteiger partial charge in [-0.3, -0.25) is 0 Å². The maximum absolute atomic E-state index is 6.21. The zero-order valence-corrected chi connectivity index (χ0v) is 14.4. The fraction of sp³-hybridized carbons (Fsp3) is 0.200. The first kappa shape index (κ1) is 15.0. The Labute approximate surface area is 135 Å². The molecule has 0 aliphatic carbocycles. The SMILES string of the molecule is C[C@@H](NCc1ccc(Br)cc1Cl)c1cccc(Br)c1. The quantitative estimate of drug-likeness (QED) is 0.689. The molecule has 2 aromatic rings. The Bertz CT molecular complexity index is 572. The molecule has 4 heteroatoms. The largest absolute Gasteiger partial charge is 0.306 e. The number of halogens is 3. The minimum Gasteiger partial charge on any atom is -0.306 e. The second-order valence-electron chi connectivity index (χ2n) is 4.39. The van der Waals surface area contributed by atoms with Crippen molar-refractivity contribution < 1.29 is 0 Å². The zero-order valence-electron chi connectivity index (χ0n) is 10.5. The van der Waals surface area contributed by atoms with Crippen molar-refractivity contribution in [3.05, 3.63) is 67.6 Å². The molecule has 0 amide bonds. The van der Waals surface area contributed by atoms with Gasteiger partial charge >= 0.3 is 0 Å². The molecular weight excluding hydrogens is 389 g/mol. The Morgan fingerprint density at radius 3 is 2.53 bits per heavy atom. The molecule has 1 nitrogen and oxygen atoms in total. The first-order valence-electron chi connectivity index (χ1n) is 5.99. The van der Waals surface area contributed by atoms with Crippen molar-refractivity contribution in [2.45, 2.75) is 19.5 Å². The van der Waals surface area contributed by atoms with Crippen molar-refractivity contribution >= 4 is 43.5 Å². The molecule has 19 heavy (non-hydrogen) atoms. The molecule has 0 aliphatic rings. The van der Waals surface area contributed by atoms with Gasteiger partial charge in [-0.05, 0) is 42.3 Å². The summed E-state index contributed by atoms with van der Waals surface area (Å²) in [5.41, 5.74) is 2.36. The van der Waals surface area contributed by atoms with E-state index in [1.54, 1.807) is 0 Å². The molecule has 2 rings (SSSR count). The monoisotopic (exact) mass is 401 g/mol. The molecule has 0 saturated carbocycles. The second kappa shape index (κ2) is 6.89. The third-order valence-electron chi connectivity index (χ3n) is 2.96. The number of hydrogen-bond acceptors (Lipinski definition) is 1. The lowest BCUT2D eigenvalue weighted by Crippen LogP contribution is -2.18. The van der Waals surface area contributed by atoms with Crippen LogP contribution in [0.25, 0.3) is 0 Å². The predicted molar refractivity (Wildman–Crippen MR) is 88.5 cm³/mol. The van der Waals surface area contributed by atoms with E-state index in [1.807, 2.05) is 30.3 Å². The van der Waals surface area contributed by atoms with Crippen LogP contribution in [0.4, 0.5) is 0 Å². The van der Waals surface area contributed by atoms with E-state index in [2.05, 4.69) is 56.2 Å². The van der Waals surface area contributed by atoms with Crippen LogP contribution in [0.15, 0.2) is 51.4 Å². The van der Waals surface area contributed by atoms with Crippen LogP contribution < -0.4 is 5.32 Å². The maximum Gasteiger partial charge on any atom is 0.0462 e. The molecule has 0 saturated heterocycles. The van der Waals surface area contributed by atoms with Gasteiger partial charge < -0.3 is 5.32 Å². The van der Waals surface area contributed by atoms with Crippen LogP contribution in [0.1, 0.15) is 24.1 Å². The van der Waals surface area contributed by atoms with Gasteiger partial charge in [0.25, 0.3) is 0 Å². The summed E-state index contributed by atoms with van der Waals surface area (Å²) in [5.74, 6) is 0. The average Bonchev–Trinajstić information content (AvgIpc) is 2.37. The van der Waals surface area contributed by atoms with Crippen molar-refractivity contribution in [2.75, 3.05) is 0 Å². The highest BCUT2D eigenvalue weighted by Crippen LogP contribution is 2.23. The Morgan fingerprint density at radius 2 is 1.84 bits per heavy atom. The first-order valence-corrected chi connectivity index (χ1v) is 7.95. The summed E-state index contributed by atoms with van der Waals surface area (Å²) in [7, 11) is 0. The molecule has 1 N–H and O–H groups in total. The number of hydrogen-bond donors (Lipinski definition) is 1. The summed E-state index contributed by atoms with van der Waals surface area (Å²) in [6.07, 6.45) is 0. The van der Waals surface area contributed by atoms with Crippen LogP contribution >= 0.6 is 43.5 Å². The fourth-order valence-electron chi connectivity index (χ4n) is 1.82. The Balaban J connectivity index is 2.02. The molecule has 100 valence electrons. The molecule has 0 bridgehead atoms. The molecule has 0 radical (unpaired) electrons. The molecular formula is C15H14Br2ClN. The van der Waals surface area contributed by atoms with E-state index in [0.29, 0.717) is 0 Å². The van der Waals surface area contributed by atoms with Crippen LogP contribution in [-0.4, -0.2) is 0 Å². The normalized spacial score (nSPS) is 12.4. The van der Waals surface area contributed by atoms with E-state index < -0.39 is 0 Å². The van der Waals surface area contributed by atoms with E-state index in [9.17, 15) is 0 Å². The molecule has 2 aromatic carbocycles. The molecule has 0 aromatic heterocycles. The minimum atomic E-state index is 0.275. The predicted octanol–water partition coefficient (Wildman–Crippen LogP) is 5.72. The first-order chi connectivity index (χ1) is 9.06. The highest BCUT2D eigenvalue weighted by atomic mass is 79.9. The third kappa shape index (κ3) is 4.32. The van der Waals surface area contributed by atoms with Crippen LogP contribution in [0.2, 0.25) is 5.02 Å². The van der Waals surface area contributed by atoms with Crippen LogP contribution in [0, 0.1) is 0 Å². The summed E-state index contributed by atoms with van der Waals surface area (Å²) in [6, 6.07) is 14.6. The fourth-order valence-corrected chi connectivity index (χ4v) is 2.98. The van der Waals surface area contributed by atoms with E-state index in [-0.39, 0.29) is 6.04 Å². The average molecular weight is 404 g/mol. The molecule has 0 heterocycles.